The molecule has 0 saturated heterocycles. The molecule has 0 aliphatic carbocycles. The van der Waals surface area contributed by atoms with Crippen molar-refractivity contribution in [1.82, 2.24) is 0 Å². The predicted molar refractivity (Wildman–Crippen MR) is 83.1 cm³/mol. The molecular formula is C15H13NO2S2. The first-order chi connectivity index (χ1) is 9.63. The molecule has 2 atom stereocenters. The Kier molecular flexibility index (Phi) is 3.54. The lowest BCUT2D eigenvalue weighted by Gasteiger charge is -2.08. The van der Waals surface area contributed by atoms with Crippen molar-refractivity contribution in [3.8, 4) is 0 Å². The second kappa shape index (κ2) is 5.34. The predicted octanol–water partition coefficient (Wildman–Crippen LogP) is 3.22. The standard InChI is InChI=1S/C15H13NO2S2/c1-11-2-6-14(7-3-11)20(18)16-13-5-4-12-8-9-19(17)15(12)10-13/h2-10,16H,1H3. The summed E-state index contributed by atoms with van der Waals surface area (Å²) in [6.45, 7) is 1.99. The number of fused-ring (bicyclic) bond motifs is 1. The Labute approximate surface area is 122 Å². The lowest BCUT2D eigenvalue weighted by atomic mass is 10.2. The maximum atomic E-state index is 12.2. The van der Waals surface area contributed by atoms with Crippen molar-refractivity contribution in [2.45, 2.75) is 16.7 Å². The van der Waals surface area contributed by atoms with Crippen LogP contribution in [-0.4, -0.2) is 8.42 Å². The molecule has 0 fully saturated rings. The molecular weight excluding hydrogens is 290 g/mol. The molecule has 0 saturated carbocycles. The summed E-state index contributed by atoms with van der Waals surface area (Å²) in [5.41, 5.74) is 2.79. The van der Waals surface area contributed by atoms with Crippen LogP contribution in [0.3, 0.4) is 0 Å². The van der Waals surface area contributed by atoms with Crippen LogP contribution in [0, 0.1) is 6.92 Å². The van der Waals surface area contributed by atoms with Crippen LogP contribution in [-0.2, 0) is 21.8 Å². The third-order valence-corrected chi connectivity index (χ3v) is 5.34. The summed E-state index contributed by atoms with van der Waals surface area (Å²) >= 11 is 0. The minimum Gasteiger partial charge on any atom is -0.301 e. The lowest BCUT2D eigenvalue weighted by Crippen LogP contribution is -2.05. The summed E-state index contributed by atoms with van der Waals surface area (Å²) < 4.78 is 26.9. The second-order valence-corrected chi connectivity index (χ2v) is 7.06. The highest BCUT2D eigenvalue weighted by Gasteiger charge is 2.13. The largest absolute Gasteiger partial charge is 0.301 e. The van der Waals surface area contributed by atoms with Crippen molar-refractivity contribution in [2.24, 2.45) is 0 Å². The average molecular weight is 303 g/mol. The van der Waals surface area contributed by atoms with Crippen molar-refractivity contribution in [3.05, 3.63) is 59.0 Å². The summed E-state index contributed by atoms with van der Waals surface area (Å²) in [5, 5.41) is 1.66. The molecule has 0 aromatic heterocycles. The minimum atomic E-state index is -1.32. The van der Waals surface area contributed by atoms with Gasteiger partial charge in [-0.1, -0.05) is 23.8 Å². The van der Waals surface area contributed by atoms with Crippen LogP contribution in [0.2, 0.25) is 0 Å². The molecule has 20 heavy (non-hydrogen) atoms. The molecule has 0 spiro atoms. The monoisotopic (exact) mass is 303 g/mol. The lowest BCUT2D eigenvalue weighted by molar-refractivity contribution is 0.685. The van der Waals surface area contributed by atoms with Crippen LogP contribution in [0.15, 0.2) is 57.7 Å². The number of hydrogen-bond acceptors (Lipinski definition) is 2. The second-order valence-electron chi connectivity index (χ2n) is 4.54. The Morgan fingerprint density at radius 1 is 1.10 bits per heavy atom. The normalized spacial score (nSPS) is 17.8. The summed E-state index contributed by atoms with van der Waals surface area (Å²) in [5.74, 6) is 0. The van der Waals surface area contributed by atoms with E-state index < -0.39 is 21.8 Å². The molecule has 0 bridgehead atoms. The van der Waals surface area contributed by atoms with Gasteiger partial charge in [-0.3, -0.25) is 0 Å². The third-order valence-electron chi connectivity index (χ3n) is 3.05. The van der Waals surface area contributed by atoms with E-state index in [9.17, 15) is 8.42 Å². The van der Waals surface area contributed by atoms with Crippen molar-refractivity contribution in [2.75, 3.05) is 4.72 Å². The molecule has 2 aromatic rings. The van der Waals surface area contributed by atoms with Crippen LogP contribution >= 0.6 is 0 Å². The van der Waals surface area contributed by atoms with E-state index >= 15 is 0 Å². The van der Waals surface area contributed by atoms with Crippen LogP contribution < -0.4 is 4.72 Å². The molecule has 2 unspecified atom stereocenters. The van der Waals surface area contributed by atoms with E-state index in [1.54, 1.807) is 11.5 Å². The molecule has 3 nitrogen and oxygen atoms in total. The van der Waals surface area contributed by atoms with Gasteiger partial charge in [0.05, 0.1) is 20.6 Å². The quantitative estimate of drug-likeness (QED) is 0.946. The molecule has 0 radical (unpaired) electrons. The molecule has 102 valence electrons. The Morgan fingerprint density at radius 2 is 1.85 bits per heavy atom. The summed E-state index contributed by atoms with van der Waals surface area (Å²) in [6, 6.07) is 13.0. The van der Waals surface area contributed by atoms with E-state index in [1.807, 2.05) is 49.4 Å². The number of hydrogen-bond donors (Lipinski definition) is 1. The van der Waals surface area contributed by atoms with Crippen LogP contribution in [0.5, 0.6) is 0 Å². The maximum Gasteiger partial charge on any atom is 0.150 e. The summed E-state index contributed by atoms with van der Waals surface area (Å²) in [4.78, 5) is 1.48. The molecule has 0 amide bonds. The third kappa shape index (κ3) is 2.59. The molecule has 5 heteroatoms. The zero-order valence-corrected chi connectivity index (χ0v) is 12.5. The number of nitrogens with one attached hydrogen (secondary N) is 1. The smallest absolute Gasteiger partial charge is 0.150 e. The zero-order chi connectivity index (χ0) is 14.1. The van der Waals surface area contributed by atoms with Crippen molar-refractivity contribution in [3.63, 3.8) is 0 Å². The first-order valence-corrected chi connectivity index (χ1v) is 8.48. The van der Waals surface area contributed by atoms with Gasteiger partial charge >= 0.3 is 0 Å². The molecule has 1 heterocycles. The number of aryl methyl sites for hydroxylation is 1. The molecule has 1 aliphatic heterocycles. The summed E-state index contributed by atoms with van der Waals surface area (Å²) in [6.07, 6.45) is 1.84. The van der Waals surface area contributed by atoms with E-state index in [2.05, 4.69) is 4.72 Å². The Hall–Kier alpha value is -1.72. The van der Waals surface area contributed by atoms with Gasteiger partial charge in [-0.2, -0.15) is 0 Å². The SMILES string of the molecule is Cc1ccc(S(=O)Nc2ccc3c(c2)S(=O)C=C3)cc1. The fraction of sp³-hybridized carbons (Fsp3) is 0.0667. The topological polar surface area (TPSA) is 46.2 Å². The van der Waals surface area contributed by atoms with Crippen LogP contribution in [0.25, 0.3) is 6.08 Å². The first-order valence-electron chi connectivity index (χ1n) is 6.11. The van der Waals surface area contributed by atoms with Gasteiger partial charge in [-0.25, -0.2) is 8.42 Å². The van der Waals surface area contributed by atoms with Gasteiger partial charge in [-0.05, 0) is 42.8 Å². The van der Waals surface area contributed by atoms with Gasteiger partial charge in [-0.15, -0.1) is 0 Å². The molecule has 2 aromatic carbocycles. The van der Waals surface area contributed by atoms with Crippen molar-refractivity contribution in [1.29, 1.82) is 0 Å². The van der Waals surface area contributed by atoms with Gasteiger partial charge in [0.2, 0.25) is 0 Å². The van der Waals surface area contributed by atoms with Crippen LogP contribution in [0.1, 0.15) is 11.1 Å². The molecule has 3 rings (SSSR count). The van der Waals surface area contributed by atoms with Gasteiger partial charge in [0.25, 0.3) is 0 Å². The fourth-order valence-electron chi connectivity index (χ4n) is 1.95. The fourth-order valence-corrected chi connectivity index (χ4v) is 3.82. The van der Waals surface area contributed by atoms with E-state index in [0.717, 1.165) is 20.9 Å². The number of rotatable bonds is 3. The van der Waals surface area contributed by atoms with Gasteiger partial charge in [0, 0.05) is 11.1 Å². The number of anilines is 1. The van der Waals surface area contributed by atoms with Crippen molar-refractivity contribution < 1.29 is 8.42 Å². The minimum absolute atomic E-state index is 0.708. The molecule has 1 N–H and O–H groups in total. The highest BCUT2D eigenvalue weighted by Crippen LogP contribution is 2.27. The van der Waals surface area contributed by atoms with Gasteiger partial charge < -0.3 is 4.72 Å². The van der Waals surface area contributed by atoms with E-state index in [4.69, 9.17) is 0 Å². The first kappa shape index (κ1) is 13.3. The van der Waals surface area contributed by atoms with Crippen molar-refractivity contribution >= 4 is 33.5 Å². The Bertz CT molecular complexity index is 736. The van der Waals surface area contributed by atoms with Gasteiger partial charge in [0.1, 0.15) is 11.0 Å². The van der Waals surface area contributed by atoms with Gasteiger partial charge in [0.15, 0.2) is 0 Å². The van der Waals surface area contributed by atoms with E-state index in [0.29, 0.717) is 5.69 Å². The average Bonchev–Trinajstić information content (AvgIpc) is 2.81. The maximum absolute atomic E-state index is 12.2. The Morgan fingerprint density at radius 3 is 2.60 bits per heavy atom. The highest BCUT2D eigenvalue weighted by atomic mass is 32.2. The summed E-state index contributed by atoms with van der Waals surface area (Å²) in [7, 11) is -2.41. The molecule has 1 aliphatic rings. The number of benzene rings is 2. The van der Waals surface area contributed by atoms with E-state index in [-0.39, 0.29) is 0 Å². The zero-order valence-electron chi connectivity index (χ0n) is 10.8. The van der Waals surface area contributed by atoms with E-state index in [1.165, 1.54) is 0 Å². The van der Waals surface area contributed by atoms with Crippen LogP contribution in [0.4, 0.5) is 5.69 Å². The highest BCUT2D eigenvalue weighted by molar-refractivity contribution is 7.88. The Balaban J connectivity index is 1.82.